The molecule has 1 atom stereocenters. The number of likely N-dealkylation sites (tertiary alicyclic amines) is 1. The van der Waals surface area contributed by atoms with E-state index in [2.05, 4.69) is 22.5 Å². The van der Waals surface area contributed by atoms with E-state index in [1.54, 1.807) is 4.90 Å². The number of aromatic nitrogens is 2. The fourth-order valence-electron chi connectivity index (χ4n) is 4.02. The molecular formula is C23H26N4O2S. The maximum Gasteiger partial charge on any atom is 0.264 e. The number of carbonyl (C=O) groups is 2. The smallest absolute Gasteiger partial charge is 0.264 e. The third kappa shape index (κ3) is 4.16. The van der Waals surface area contributed by atoms with Crippen molar-refractivity contribution in [3.05, 3.63) is 75.2 Å². The van der Waals surface area contributed by atoms with Gasteiger partial charge in [-0.1, -0.05) is 36.4 Å². The van der Waals surface area contributed by atoms with Gasteiger partial charge in [-0.25, -0.2) is 0 Å². The van der Waals surface area contributed by atoms with Gasteiger partial charge in [0, 0.05) is 24.3 Å². The molecule has 0 saturated carbocycles. The standard InChI is InChI=1S/C23H26N4O2S/c1-16-19(17(2)27(25-16)15-18-8-4-3-5-9-18)14-24-22(28)20-10-6-12-26(20)23(29)21-11-7-13-30-21/h3-5,7-9,11,13,20H,6,10,12,14-15H2,1-2H3,(H,24,28)/t20-/m1/s1. The molecule has 30 heavy (non-hydrogen) atoms. The lowest BCUT2D eigenvalue weighted by molar-refractivity contribution is -0.125. The summed E-state index contributed by atoms with van der Waals surface area (Å²) in [6.45, 7) is 5.75. The Bertz CT molecular complexity index is 1030. The van der Waals surface area contributed by atoms with E-state index in [1.165, 1.54) is 16.9 Å². The van der Waals surface area contributed by atoms with Crippen molar-refractivity contribution in [2.24, 2.45) is 0 Å². The van der Waals surface area contributed by atoms with E-state index in [4.69, 9.17) is 0 Å². The average Bonchev–Trinajstić information content (AvgIpc) is 3.49. The third-order valence-corrected chi connectivity index (χ3v) is 6.55. The second kappa shape index (κ2) is 8.83. The first kappa shape index (κ1) is 20.3. The summed E-state index contributed by atoms with van der Waals surface area (Å²) in [6, 6.07) is 13.5. The fourth-order valence-corrected chi connectivity index (χ4v) is 4.70. The molecule has 0 aliphatic carbocycles. The van der Waals surface area contributed by atoms with E-state index >= 15 is 0 Å². The van der Waals surface area contributed by atoms with Gasteiger partial charge in [-0.05, 0) is 43.7 Å². The van der Waals surface area contributed by atoms with Gasteiger partial charge < -0.3 is 10.2 Å². The largest absolute Gasteiger partial charge is 0.350 e. The minimum Gasteiger partial charge on any atom is -0.350 e. The molecular weight excluding hydrogens is 396 g/mol. The summed E-state index contributed by atoms with van der Waals surface area (Å²) in [5, 5.41) is 9.59. The SMILES string of the molecule is Cc1nn(Cc2ccccc2)c(C)c1CNC(=O)[C@H]1CCCN1C(=O)c1cccs1. The highest BCUT2D eigenvalue weighted by molar-refractivity contribution is 7.12. The van der Waals surface area contributed by atoms with Gasteiger partial charge in [0.1, 0.15) is 6.04 Å². The van der Waals surface area contributed by atoms with E-state index in [0.29, 0.717) is 30.9 Å². The van der Waals surface area contributed by atoms with Crippen LogP contribution in [0.5, 0.6) is 0 Å². The molecule has 3 aromatic rings. The van der Waals surface area contributed by atoms with Crippen LogP contribution in [0.25, 0.3) is 0 Å². The normalized spacial score (nSPS) is 16.1. The first-order valence-electron chi connectivity index (χ1n) is 10.2. The summed E-state index contributed by atoms with van der Waals surface area (Å²) in [4.78, 5) is 28.0. The van der Waals surface area contributed by atoms with Gasteiger partial charge in [-0.15, -0.1) is 11.3 Å². The molecule has 6 nitrogen and oxygen atoms in total. The second-order valence-electron chi connectivity index (χ2n) is 7.64. The van der Waals surface area contributed by atoms with Gasteiger partial charge in [0.25, 0.3) is 5.91 Å². The van der Waals surface area contributed by atoms with Crippen LogP contribution in [-0.2, 0) is 17.9 Å². The van der Waals surface area contributed by atoms with Crippen LogP contribution in [0.15, 0.2) is 47.8 Å². The lowest BCUT2D eigenvalue weighted by atomic mass is 10.1. The van der Waals surface area contributed by atoms with Crippen LogP contribution in [0.1, 0.15) is 45.0 Å². The number of carbonyl (C=O) groups excluding carboxylic acids is 2. The van der Waals surface area contributed by atoms with Crippen LogP contribution in [-0.4, -0.2) is 39.1 Å². The van der Waals surface area contributed by atoms with Crippen molar-refractivity contribution >= 4 is 23.2 Å². The number of benzene rings is 1. The summed E-state index contributed by atoms with van der Waals surface area (Å²) in [5.41, 5.74) is 4.19. The Morgan fingerprint density at radius 3 is 2.70 bits per heavy atom. The molecule has 0 radical (unpaired) electrons. The molecule has 0 spiro atoms. The quantitative estimate of drug-likeness (QED) is 0.661. The van der Waals surface area contributed by atoms with Crippen LogP contribution in [0, 0.1) is 13.8 Å². The topological polar surface area (TPSA) is 67.2 Å². The number of nitrogens with zero attached hydrogens (tertiary/aromatic N) is 3. The van der Waals surface area contributed by atoms with Crippen LogP contribution >= 0.6 is 11.3 Å². The lowest BCUT2D eigenvalue weighted by Crippen LogP contribution is -2.45. The molecule has 1 saturated heterocycles. The maximum absolute atomic E-state index is 12.9. The van der Waals surface area contributed by atoms with Crippen molar-refractivity contribution in [2.75, 3.05) is 6.54 Å². The molecule has 0 bridgehead atoms. The maximum atomic E-state index is 12.9. The molecule has 1 aromatic carbocycles. The molecule has 1 fully saturated rings. The van der Waals surface area contributed by atoms with Crippen molar-refractivity contribution in [3.63, 3.8) is 0 Å². The van der Waals surface area contributed by atoms with E-state index in [9.17, 15) is 9.59 Å². The van der Waals surface area contributed by atoms with Crippen molar-refractivity contribution in [2.45, 2.75) is 45.8 Å². The highest BCUT2D eigenvalue weighted by Crippen LogP contribution is 2.23. The molecule has 2 amide bonds. The zero-order valence-electron chi connectivity index (χ0n) is 17.3. The van der Waals surface area contributed by atoms with E-state index in [-0.39, 0.29) is 11.8 Å². The number of thiophene rings is 1. The minimum absolute atomic E-state index is 0.0503. The van der Waals surface area contributed by atoms with Crippen LogP contribution in [0.2, 0.25) is 0 Å². The first-order valence-corrected chi connectivity index (χ1v) is 11.1. The Morgan fingerprint density at radius 1 is 1.17 bits per heavy atom. The van der Waals surface area contributed by atoms with Crippen molar-refractivity contribution in [1.82, 2.24) is 20.0 Å². The Hall–Kier alpha value is -2.93. The third-order valence-electron chi connectivity index (χ3n) is 5.69. The van der Waals surface area contributed by atoms with Gasteiger partial charge in [0.2, 0.25) is 5.91 Å². The number of rotatable bonds is 6. The zero-order chi connectivity index (χ0) is 21.1. The molecule has 4 rings (SSSR count). The molecule has 3 heterocycles. The zero-order valence-corrected chi connectivity index (χ0v) is 18.1. The van der Waals surface area contributed by atoms with Gasteiger partial charge in [0.15, 0.2) is 0 Å². The minimum atomic E-state index is -0.403. The van der Waals surface area contributed by atoms with E-state index in [0.717, 1.165) is 23.4 Å². The van der Waals surface area contributed by atoms with Crippen molar-refractivity contribution in [1.29, 1.82) is 0 Å². The molecule has 1 N–H and O–H groups in total. The van der Waals surface area contributed by atoms with Crippen molar-refractivity contribution in [3.8, 4) is 0 Å². The van der Waals surface area contributed by atoms with E-state index in [1.807, 2.05) is 54.2 Å². The Kier molecular flexibility index (Phi) is 5.99. The highest BCUT2D eigenvalue weighted by atomic mass is 32.1. The Morgan fingerprint density at radius 2 is 1.97 bits per heavy atom. The number of nitrogens with one attached hydrogen (secondary N) is 1. The molecule has 156 valence electrons. The number of amides is 2. The number of hydrogen-bond acceptors (Lipinski definition) is 4. The van der Waals surface area contributed by atoms with E-state index < -0.39 is 6.04 Å². The summed E-state index contributed by atoms with van der Waals surface area (Å²) < 4.78 is 1.98. The molecule has 1 aliphatic rings. The number of aryl methyl sites for hydroxylation is 1. The lowest BCUT2D eigenvalue weighted by Gasteiger charge is -2.23. The molecule has 7 heteroatoms. The Balaban J connectivity index is 1.42. The average molecular weight is 423 g/mol. The Labute approximate surface area is 180 Å². The van der Waals surface area contributed by atoms with Gasteiger partial charge in [0.05, 0.1) is 17.1 Å². The van der Waals surface area contributed by atoms with Crippen molar-refractivity contribution < 1.29 is 9.59 Å². The van der Waals surface area contributed by atoms with Gasteiger partial charge >= 0.3 is 0 Å². The number of hydrogen-bond donors (Lipinski definition) is 1. The summed E-state index contributed by atoms with van der Waals surface area (Å²) in [6.07, 6.45) is 1.55. The predicted octanol–water partition coefficient (Wildman–Crippen LogP) is 3.53. The fraction of sp³-hybridized carbons (Fsp3) is 0.348. The predicted molar refractivity (Wildman–Crippen MR) is 117 cm³/mol. The van der Waals surface area contributed by atoms with Crippen LogP contribution in [0.4, 0.5) is 0 Å². The highest BCUT2D eigenvalue weighted by Gasteiger charge is 2.34. The second-order valence-corrected chi connectivity index (χ2v) is 8.59. The first-order chi connectivity index (χ1) is 14.5. The van der Waals surface area contributed by atoms with Crippen LogP contribution < -0.4 is 5.32 Å². The van der Waals surface area contributed by atoms with Gasteiger partial charge in [-0.2, -0.15) is 5.10 Å². The molecule has 2 aromatic heterocycles. The monoisotopic (exact) mass is 422 g/mol. The summed E-state index contributed by atoms with van der Waals surface area (Å²) >= 11 is 1.42. The van der Waals surface area contributed by atoms with Gasteiger partial charge in [-0.3, -0.25) is 14.3 Å². The summed E-state index contributed by atoms with van der Waals surface area (Å²) in [7, 11) is 0. The molecule has 0 unspecified atom stereocenters. The van der Waals surface area contributed by atoms with Crippen LogP contribution in [0.3, 0.4) is 0 Å². The molecule has 1 aliphatic heterocycles. The summed E-state index contributed by atoms with van der Waals surface area (Å²) in [5.74, 6) is -0.141.